The summed E-state index contributed by atoms with van der Waals surface area (Å²) in [7, 11) is 0. The average molecular weight is 454 g/mol. The zero-order chi connectivity index (χ0) is 22.7. The summed E-state index contributed by atoms with van der Waals surface area (Å²) in [5.74, 6) is -3.89. The number of imidazole rings is 1. The number of hydrogen-bond donors (Lipinski definition) is 1. The van der Waals surface area contributed by atoms with Gasteiger partial charge in [0.25, 0.3) is 5.92 Å². The van der Waals surface area contributed by atoms with Gasteiger partial charge in [-0.25, -0.2) is 18.3 Å². The van der Waals surface area contributed by atoms with Crippen LogP contribution in [0.3, 0.4) is 0 Å². The lowest BCUT2D eigenvalue weighted by atomic mass is 10.00. The number of aromatic amines is 1. The van der Waals surface area contributed by atoms with Gasteiger partial charge in [-0.05, 0) is 24.6 Å². The van der Waals surface area contributed by atoms with Gasteiger partial charge in [-0.15, -0.1) is 5.10 Å². The molecule has 0 bridgehead atoms. The zero-order valence-electron chi connectivity index (χ0n) is 17.7. The van der Waals surface area contributed by atoms with Crippen molar-refractivity contribution in [1.29, 1.82) is 0 Å². The lowest BCUT2D eigenvalue weighted by Crippen LogP contribution is -2.37. The zero-order valence-corrected chi connectivity index (χ0v) is 17.7. The van der Waals surface area contributed by atoms with E-state index in [2.05, 4.69) is 20.2 Å². The molecule has 0 aliphatic carbocycles. The summed E-state index contributed by atoms with van der Waals surface area (Å²) in [6.45, 7) is 1.84. The molecule has 1 amide bonds. The van der Waals surface area contributed by atoms with Gasteiger partial charge in [-0.3, -0.25) is 4.79 Å². The van der Waals surface area contributed by atoms with Gasteiger partial charge >= 0.3 is 17.8 Å². The topological polar surface area (TPSA) is 108 Å². The van der Waals surface area contributed by atoms with Crippen LogP contribution in [0.1, 0.15) is 45.8 Å². The number of aryl methyl sites for hydroxylation is 1. The van der Waals surface area contributed by atoms with Gasteiger partial charge < -0.3 is 19.2 Å². The summed E-state index contributed by atoms with van der Waals surface area (Å²) in [4.78, 5) is 23.2. The molecule has 12 heteroatoms. The van der Waals surface area contributed by atoms with E-state index >= 15 is 0 Å². The number of rotatable bonds is 3. The van der Waals surface area contributed by atoms with Gasteiger partial charge in [0.2, 0.25) is 0 Å². The third-order valence-corrected chi connectivity index (χ3v) is 6.24. The van der Waals surface area contributed by atoms with E-state index in [1.165, 1.54) is 0 Å². The first kappa shape index (κ1) is 19.8. The molecule has 1 saturated heterocycles. The first-order valence-corrected chi connectivity index (χ1v) is 10.6. The third-order valence-electron chi connectivity index (χ3n) is 6.24. The summed E-state index contributed by atoms with van der Waals surface area (Å²) >= 11 is 0. The van der Waals surface area contributed by atoms with Crippen LogP contribution in [-0.4, -0.2) is 66.1 Å². The number of H-pyrrole nitrogens is 1. The Bertz CT molecular complexity index is 1360. The fourth-order valence-electron chi connectivity index (χ4n) is 4.55. The highest BCUT2D eigenvalue weighted by Gasteiger charge is 2.42. The minimum Gasteiger partial charge on any atom is -0.399 e. The van der Waals surface area contributed by atoms with E-state index in [4.69, 9.17) is 9.52 Å². The second-order valence-corrected chi connectivity index (χ2v) is 8.42. The Hall–Kier alpha value is -3.83. The van der Waals surface area contributed by atoms with Crippen molar-refractivity contribution in [3.63, 3.8) is 0 Å². The normalized spacial score (nSPS) is 19.9. The molecule has 4 aromatic rings. The summed E-state index contributed by atoms with van der Waals surface area (Å²) in [5, 5.41) is 12.7. The Balaban J connectivity index is 1.37. The minimum atomic E-state index is -2.89. The number of aromatic nitrogens is 6. The van der Waals surface area contributed by atoms with Crippen molar-refractivity contribution < 1.29 is 18.0 Å². The summed E-state index contributed by atoms with van der Waals surface area (Å²) in [6.07, 6.45) is 3.80. The highest BCUT2D eigenvalue weighted by atomic mass is 19.3. The van der Waals surface area contributed by atoms with E-state index in [0.29, 0.717) is 13.0 Å². The van der Waals surface area contributed by atoms with Crippen LogP contribution in [-0.2, 0) is 6.42 Å². The smallest absolute Gasteiger partial charge is 0.319 e. The second-order valence-electron chi connectivity index (χ2n) is 8.42. The van der Waals surface area contributed by atoms with Gasteiger partial charge in [-0.2, -0.15) is 5.10 Å². The van der Waals surface area contributed by atoms with Crippen molar-refractivity contribution in [3.05, 3.63) is 59.3 Å². The van der Waals surface area contributed by atoms with Crippen LogP contribution in [0.2, 0.25) is 0 Å². The van der Waals surface area contributed by atoms with Crippen molar-refractivity contribution in [1.82, 2.24) is 34.7 Å². The van der Waals surface area contributed by atoms with E-state index in [1.807, 2.05) is 36.2 Å². The number of alkyl halides is 2. The van der Waals surface area contributed by atoms with Crippen LogP contribution >= 0.6 is 0 Å². The van der Waals surface area contributed by atoms with E-state index in [1.54, 1.807) is 10.8 Å². The molecule has 6 heterocycles. The van der Waals surface area contributed by atoms with E-state index < -0.39 is 24.4 Å². The number of likely N-dealkylation sites (tertiary alicyclic amines) is 1. The quantitative estimate of drug-likeness (QED) is 0.506. The summed E-state index contributed by atoms with van der Waals surface area (Å²) in [5.41, 5.74) is 4.55. The highest BCUT2D eigenvalue weighted by Crippen LogP contribution is 2.36. The predicted molar refractivity (Wildman–Crippen MR) is 111 cm³/mol. The molecule has 0 saturated carbocycles. The number of pyridine rings is 1. The SMILES string of the molecule is Cc1cccn2nc([C@@H]3c4nc[nH]c4CCN3c3nnc(C(=O)N4CCC(F)(F)C4)o3)cc12. The fraction of sp³-hybridized carbons (Fsp3) is 0.381. The number of carbonyl (C=O) groups excluding carboxylic acids is 1. The Morgan fingerprint density at radius 1 is 1.30 bits per heavy atom. The molecule has 33 heavy (non-hydrogen) atoms. The number of hydrogen-bond acceptors (Lipinski definition) is 7. The van der Waals surface area contributed by atoms with Crippen molar-refractivity contribution in [2.75, 3.05) is 24.5 Å². The molecule has 2 aliphatic rings. The van der Waals surface area contributed by atoms with Gasteiger partial charge in [0.15, 0.2) is 0 Å². The molecular formula is C21H20F2N8O2. The van der Waals surface area contributed by atoms with Crippen LogP contribution in [0.4, 0.5) is 14.8 Å². The second kappa shape index (κ2) is 7.09. The Kier molecular flexibility index (Phi) is 4.26. The first-order valence-electron chi connectivity index (χ1n) is 10.6. The first-order chi connectivity index (χ1) is 15.9. The molecule has 4 aromatic heterocycles. The van der Waals surface area contributed by atoms with E-state index in [0.717, 1.165) is 33.1 Å². The van der Waals surface area contributed by atoms with Crippen LogP contribution in [0.5, 0.6) is 0 Å². The Morgan fingerprint density at radius 2 is 2.18 bits per heavy atom. The maximum atomic E-state index is 13.5. The van der Waals surface area contributed by atoms with Crippen LogP contribution in [0.25, 0.3) is 5.52 Å². The Morgan fingerprint density at radius 3 is 2.97 bits per heavy atom. The van der Waals surface area contributed by atoms with Crippen molar-refractivity contribution in [2.45, 2.75) is 31.7 Å². The minimum absolute atomic E-state index is 0.0485. The molecular weight excluding hydrogens is 434 g/mol. The molecule has 1 atom stereocenters. The lowest BCUT2D eigenvalue weighted by Gasteiger charge is -2.32. The van der Waals surface area contributed by atoms with Crippen LogP contribution < -0.4 is 4.90 Å². The summed E-state index contributed by atoms with van der Waals surface area (Å²) in [6, 6.07) is 5.63. The lowest BCUT2D eigenvalue weighted by molar-refractivity contribution is 0.0115. The molecule has 0 aromatic carbocycles. The number of anilines is 1. The van der Waals surface area contributed by atoms with Gasteiger partial charge in [0.05, 0.1) is 29.8 Å². The molecule has 0 radical (unpaired) electrons. The van der Waals surface area contributed by atoms with Crippen molar-refractivity contribution in [2.24, 2.45) is 0 Å². The predicted octanol–water partition coefficient (Wildman–Crippen LogP) is 2.38. The monoisotopic (exact) mass is 454 g/mol. The number of fused-ring (bicyclic) bond motifs is 2. The number of nitrogens with one attached hydrogen (secondary N) is 1. The molecule has 2 aliphatic heterocycles. The standard InChI is InChI=1S/C21H20F2N8O2/c1-12-3-2-6-31-15(12)9-14(28-31)17-16-13(24-11-25-16)4-7-30(17)20-27-26-18(33-20)19(32)29-8-5-21(22,23)10-29/h2-3,6,9,11,17H,4-5,7-8,10H2,1H3,(H,24,25)/t17-/m1/s1. The summed E-state index contributed by atoms with van der Waals surface area (Å²) < 4.78 is 34.6. The van der Waals surface area contributed by atoms with Gasteiger partial charge in [0, 0.05) is 37.8 Å². The van der Waals surface area contributed by atoms with E-state index in [9.17, 15) is 13.6 Å². The molecule has 170 valence electrons. The fourth-order valence-corrected chi connectivity index (χ4v) is 4.55. The van der Waals surface area contributed by atoms with E-state index in [-0.39, 0.29) is 24.9 Å². The molecule has 6 rings (SSSR count). The number of halogens is 2. The molecule has 10 nitrogen and oxygen atoms in total. The van der Waals surface area contributed by atoms with Crippen LogP contribution in [0, 0.1) is 6.92 Å². The maximum absolute atomic E-state index is 13.5. The molecule has 1 N–H and O–H groups in total. The van der Waals surface area contributed by atoms with Crippen molar-refractivity contribution in [3.8, 4) is 0 Å². The number of amides is 1. The highest BCUT2D eigenvalue weighted by molar-refractivity contribution is 5.90. The number of nitrogens with zero attached hydrogens (tertiary/aromatic N) is 7. The largest absolute Gasteiger partial charge is 0.399 e. The third kappa shape index (κ3) is 3.24. The molecule has 1 fully saturated rings. The maximum Gasteiger partial charge on any atom is 0.319 e. The molecule has 0 unspecified atom stereocenters. The van der Waals surface area contributed by atoms with Crippen LogP contribution in [0.15, 0.2) is 35.1 Å². The number of carbonyl (C=O) groups is 1. The molecule has 0 spiro atoms. The average Bonchev–Trinajstić information content (AvgIpc) is 3.57. The van der Waals surface area contributed by atoms with Crippen molar-refractivity contribution >= 4 is 17.4 Å². The van der Waals surface area contributed by atoms with Gasteiger partial charge in [-0.1, -0.05) is 11.2 Å². The Labute approximate surface area is 186 Å². The van der Waals surface area contributed by atoms with Gasteiger partial charge in [0.1, 0.15) is 6.04 Å².